The number of carbonyl (C=O) groups is 1. The lowest BCUT2D eigenvalue weighted by molar-refractivity contribution is -0.134. The van der Waals surface area contributed by atoms with Crippen LogP contribution in [0.25, 0.3) is 11.2 Å². The zero-order valence-electron chi connectivity index (χ0n) is 19.7. The lowest BCUT2D eigenvalue weighted by Gasteiger charge is -2.32. The van der Waals surface area contributed by atoms with Crippen molar-refractivity contribution < 1.29 is 37.7 Å². The molecule has 1 fully saturated rings. The van der Waals surface area contributed by atoms with Gasteiger partial charge in [0.1, 0.15) is 24.7 Å². The van der Waals surface area contributed by atoms with Gasteiger partial charge in [0.15, 0.2) is 28.1 Å². The lowest BCUT2D eigenvalue weighted by Crippen LogP contribution is -2.49. The number of aliphatic hydroxyl groups excluding tert-OH is 2. The smallest absolute Gasteiger partial charge is 0.387 e. The Balaban J connectivity index is 1.83. The van der Waals surface area contributed by atoms with Crippen LogP contribution in [0.15, 0.2) is 11.1 Å². The normalized spacial score (nSPS) is 26.5. The molecule has 196 valence electrons. The van der Waals surface area contributed by atoms with E-state index in [9.17, 15) is 28.8 Å². The second-order valence-electron chi connectivity index (χ2n) is 8.09. The number of ether oxygens (including phenoxy) is 1. The van der Waals surface area contributed by atoms with Crippen LogP contribution in [0, 0.1) is 0 Å². The van der Waals surface area contributed by atoms with E-state index in [4.69, 9.17) is 13.8 Å². The molecular formula is C19H29FN5O8PS. The summed E-state index contributed by atoms with van der Waals surface area (Å²) in [5.41, 5.74) is -2.53. The summed E-state index contributed by atoms with van der Waals surface area (Å²) in [4.78, 5) is 34.2. The number of carbonyl (C=O) groups excluding carboxylic acids is 1. The number of hydrogen-bond acceptors (Lipinski definition) is 11. The monoisotopic (exact) mass is 537 g/mol. The minimum atomic E-state index is -3.95. The Morgan fingerprint density at radius 1 is 1.43 bits per heavy atom. The van der Waals surface area contributed by atoms with Gasteiger partial charge < -0.3 is 19.9 Å². The van der Waals surface area contributed by atoms with Crippen LogP contribution in [-0.4, -0.2) is 97.1 Å². The van der Waals surface area contributed by atoms with Gasteiger partial charge in [-0.1, -0.05) is 18.7 Å². The molecule has 0 aromatic carbocycles. The molecule has 3 N–H and O–H groups in total. The average molecular weight is 538 g/mol. The molecule has 2 unspecified atom stereocenters. The number of rotatable bonds is 11. The first kappa shape index (κ1) is 27.9. The van der Waals surface area contributed by atoms with Crippen molar-refractivity contribution in [3.05, 3.63) is 22.5 Å². The van der Waals surface area contributed by atoms with Gasteiger partial charge in [-0.3, -0.25) is 23.2 Å². The first-order valence-electron chi connectivity index (χ1n) is 10.7. The molecule has 3 rings (SSSR count). The van der Waals surface area contributed by atoms with Gasteiger partial charge in [-0.2, -0.15) is 0 Å². The number of thioether (sulfide) groups is 1. The van der Waals surface area contributed by atoms with Crippen LogP contribution in [-0.2, 0) is 29.6 Å². The number of alkyl halides is 1. The summed E-state index contributed by atoms with van der Waals surface area (Å²) in [7, 11) is -1.09. The van der Waals surface area contributed by atoms with Crippen molar-refractivity contribution in [2.24, 2.45) is 0 Å². The number of fused-ring (bicyclic) bond motifs is 1. The van der Waals surface area contributed by atoms with Gasteiger partial charge in [0.25, 0.3) is 5.56 Å². The Morgan fingerprint density at radius 2 is 2.14 bits per heavy atom. The second kappa shape index (κ2) is 11.1. The molecule has 0 radical (unpaired) electrons. The minimum absolute atomic E-state index is 0.0181. The fourth-order valence-corrected chi connectivity index (χ4v) is 5.28. The highest BCUT2D eigenvalue weighted by Gasteiger charge is 2.56. The molecule has 3 heterocycles. The van der Waals surface area contributed by atoms with Gasteiger partial charge in [-0.05, 0) is 14.1 Å². The number of nitrogens with zero attached hydrogens (tertiary/aromatic N) is 4. The van der Waals surface area contributed by atoms with Crippen LogP contribution in [0.5, 0.6) is 0 Å². The standard InChI is InChI=1S/C19H29FN5O8PS/c1-5-12-22-16-13(17(29)23-12)21-10-25(16)18-14(27)15(28)19(8-20,33-18)9-32-34(30,24(3)4)31-6-7-35-11(2)26/h10,14-15,18,27-28H,5-9H2,1-4H3,(H,22,23,29)/t14?,15-,18-,19-,34?/m1/s1. The predicted octanol–water partition coefficient (Wildman–Crippen LogP) is 0.624. The zero-order valence-corrected chi connectivity index (χ0v) is 21.4. The Bertz CT molecular complexity index is 1160. The number of aromatic amines is 1. The van der Waals surface area contributed by atoms with Crippen LogP contribution in [0.3, 0.4) is 0 Å². The summed E-state index contributed by atoms with van der Waals surface area (Å²) in [6, 6.07) is 0. The van der Waals surface area contributed by atoms with Crippen molar-refractivity contribution in [3.8, 4) is 0 Å². The van der Waals surface area contributed by atoms with E-state index in [1.165, 1.54) is 36.6 Å². The van der Waals surface area contributed by atoms with E-state index in [1.54, 1.807) is 6.92 Å². The fourth-order valence-electron chi connectivity index (χ4n) is 3.46. The fraction of sp³-hybridized carbons (Fsp3) is 0.684. The van der Waals surface area contributed by atoms with Crippen molar-refractivity contribution in [2.75, 3.05) is 39.7 Å². The van der Waals surface area contributed by atoms with Crippen molar-refractivity contribution in [3.63, 3.8) is 0 Å². The van der Waals surface area contributed by atoms with E-state index in [-0.39, 0.29) is 28.6 Å². The van der Waals surface area contributed by atoms with Gasteiger partial charge in [-0.15, -0.1) is 0 Å². The first-order chi connectivity index (χ1) is 16.5. The zero-order chi connectivity index (χ0) is 26.0. The maximum atomic E-state index is 14.3. The molecule has 0 aliphatic carbocycles. The summed E-state index contributed by atoms with van der Waals surface area (Å²) in [6.45, 7) is 1.06. The Hall–Kier alpha value is -1.71. The maximum Gasteiger partial charge on any atom is 0.407 e. The van der Waals surface area contributed by atoms with E-state index in [2.05, 4.69) is 15.0 Å². The van der Waals surface area contributed by atoms with E-state index in [1.807, 2.05) is 0 Å². The number of imidazole rings is 1. The summed E-state index contributed by atoms with van der Waals surface area (Å²) in [5, 5.41) is 21.3. The van der Waals surface area contributed by atoms with Crippen LogP contribution in [0.4, 0.5) is 4.39 Å². The number of halogens is 1. The highest BCUT2D eigenvalue weighted by molar-refractivity contribution is 8.13. The Kier molecular flexibility index (Phi) is 8.86. The molecule has 1 saturated heterocycles. The van der Waals surface area contributed by atoms with E-state index in [0.29, 0.717) is 12.2 Å². The Morgan fingerprint density at radius 3 is 2.74 bits per heavy atom. The number of nitrogens with one attached hydrogen (secondary N) is 1. The number of aromatic nitrogens is 4. The molecule has 2 aromatic heterocycles. The maximum absolute atomic E-state index is 14.3. The van der Waals surface area contributed by atoms with Crippen LogP contribution >= 0.6 is 19.5 Å². The molecule has 13 nitrogen and oxygen atoms in total. The molecule has 0 bridgehead atoms. The van der Waals surface area contributed by atoms with E-state index < -0.39 is 50.6 Å². The topological polar surface area (TPSA) is 169 Å². The molecule has 1 aliphatic rings. The Labute approximate surface area is 204 Å². The molecule has 0 spiro atoms. The van der Waals surface area contributed by atoms with Crippen molar-refractivity contribution in [2.45, 2.75) is 44.3 Å². The number of aryl methyl sites for hydroxylation is 1. The number of H-pyrrole nitrogens is 1. The predicted molar refractivity (Wildman–Crippen MR) is 125 cm³/mol. The molecule has 5 atom stereocenters. The summed E-state index contributed by atoms with van der Waals surface area (Å²) >= 11 is 0.979. The van der Waals surface area contributed by atoms with E-state index >= 15 is 0 Å². The van der Waals surface area contributed by atoms with E-state index in [0.717, 1.165) is 11.8 Å². The molecular weight excluding hydrogens is 508 g/mol. The first-order valence-corrected chi connectivity index (χ1v) is 13.2. The van der Waals surface area contributed by atoms with Crippen molar-refractivity contribution >= 4 is 35.8 Å². The summed E-state index contributed by atoms with van der Waals surface area (Å²) in [5.74, 6) is 0.592. The second-order valence-corrected chi connectivity index (χ2v) is 11.6. The molecule has 0 saturated carbocycles. The molecule has 2 aromatic rings. The van der Waals surface area contributed by atoms with Crippen LogP contribution < -0.4 is 5.56 Å². The molecule has 16 heteroatoms. The molecule has 0 amide bonds. The highest BCUT2D eigenvalue weighted by Crippen LogP contribution is 2.52. The van der Waals surface area contributed by atoms with Gasteiger partial charge in [-0.25, -0.2) is 23.6 Å². The molecule has 35 heavy (non-hydrogen) atoms. The summed E-state index contributed by atoms with van der Waals surface area (Å²) < 4.78 is 46.4. The number of aliphatic hydroxyl groups is 2. The third-order valence-corrected chi connectivity index (χ3v) is 8.15. The number of hydrogen-bond donors (Lipinski definition) is 3. The van der Waals surface area contributed by atoms with Crippen molar-refractivity contribution in [1.29, 1.82) is 0 Å². The molecule has 1 aliphatic heterocycles. The highest BCUT2D eigenvalue weighted by atomic mass is 32.2. The lowest BCUT2D eigenvalue weighted by atomic mass is 9.98. The van der Waals surface area contributed by atoms with Crippen LogP contribution in [0.2, 0.25) is 0 Å². The van der Waals surface area contributed by atoms with Gasteiger partial charge in [0.05, 0.1) is 19.5 Å². The van der Waals surface area contributed by atoms with Crippen molar-refractivity contribution in [1.82, 2.24) is 24.2 Å². The van der Waals surface area contributed by atoms with Gasteiger partial charge in [0, 0.05) is 19.1 Å². The summed E-state index contributed by atoms with van der Waals surface area (Å²) in [6.07, 6.45) is -3.18. The largest absolute Gasteiger partial charge is 0.407 e. The third-order valence-electron chi connectivity index (χ3n) is 5.43. The average Bonchev–Trinajstić information content (AvgIpc) is 3.35. The minimum Gasteiger partial charge on any atom is -0.387 e. The van der Waals surface area contributed by atoms with Gasteiger partial charge in [0.2, 0.25) is 0 Å². The quantitative estimate of drug-likeness (QED) is 0.270. The van der Waals surface area contributed by atoms with Crippen LogP contribution in [0.1, 0.15) is 25.9 Å². The SMILES string of the molecule is CCc1nc2c(ncn2[C@@H]2O[C@](CF)(COP(=O)(OCCSC(C)=O)N(C)C)[C@H](O)C2O)c(=O)[nH]1. The van der Waals surface area contributed by atoms with Gasteiger partial charge >= 0.3 is 7.75 Å². The third kappa shape index (κ3) is 5.67.